The van der Waals surface area contributed by atoms with Gasteiger partial charge in [-0.15, -0.1) is 0 Å². The van der Waals surface area contributed by atoms with E-state index in [0.717, 1.165) is 17.1 Å². The molecule has 2 nitrogen and oxygen atoms in total. The van der Waals surface area contributed by atoms with Crippen LogP contribution in [0.1, 0.15) is 6.92 Å². The number of hydrogen-bond donors (Lipinski definition) is 1. The number of hydrogen-bond acceptors (Lipinski definition) is 3. The zero-order valence-electron chi connectivity index (χ0n) is 8.90. The summed E-state index contributed by atoms with van der Waals surface area (Å²) in [5.74, 6) is 2.33. The Kier molecular flexibility index (Phi) is 5.12. The summed E-state index contributed by atoms with van der Waals surface area (Å²) in [6.07, 6.45) is 0. The van der Waals surface area contributed by atoms with Gasteiger partial charge in [0, 0.05) is 5.75 Å². The Morgan fingerprint density at radius 2 is 1.73 bits per heavy atom. The van der Waals surface area contributed by atoms with Crippen molar-refractivity contribution in [3.8, 4) is 11.5 Å². The van der Waals surface area contributed by atoms with Crippen molar-refractivity contribution in [2.24, 2.45) is 0 Å². The topological polar surface area (TPSA) is 18.5 Å². The summed E-state index contributed by atoms with van der Waals surface area (Å²) in [5.41, 5.74) is 0.965. The Morgan fingerprint density at radius 3 is 2.20 bits per heavy atom. The molecule has 0 saturated heterocycles. The van der Waals surface area contributed by atoms with Gasteiger partial charge in [-0.1, -0.05) is 6.58 Å². The zero-order valence-corrected chi connectivity index (χ0v) is 9.80. The molecule has 0 aromatic heterocycles. The molecule has 0 radical (unpaired) electrons. The molecule has 0 N–H and O–H groups in total. The quantitative estimate of drug-likeness (QED) is 0.591. The zero-order chi connectivity index (χ0) is 11.1. The normalized spacial score (nSPS) is 9.73. The molecule has 0 atom stereocenters. The molecule has 0 unspecified atom stereocenters. The fraction of sp³-hybridized carbons (Fsp3) is 0.333. The summed E-state index contributed by atoms with van der Waals surface area (Å²) in [6, 6.07) is 7.55. The van der Waals surface area contributed by atoms with Crippen LogP contribution in [0.3, 0.4) is 0 Å². The molecule has 0 fully saturated rings. The highest BCUT2D eigenvalue weighted by Gasteiger charge is 1.96. The van der Waals surface area contributed by atoms with Gasteiger partial charge in [-0.3, -0.25) is 0 Å². The molecule has 1 aromatic rings. The molecule has 0 heterocycles. The molecule has 82 valence electrons. The van der Waals surface area contributed by atoms with Gasteiger partial charge >= 0.3 is 0 Å². The number of ether oxygens (including phenoxy) is 2. The average Bonchev–Trinajstić information content (AvgIpc) is 2.28. The maximum Gasteiger partial charge on any atom is 0.120 e. The summed E-state index contributed by atoms with van der Waals surface area (Å²) < 4.78 is 10.8. The van der Waals surface area contributed by atoms with Gasteiger partial charge in [0.1, 0.15) is 18.1 Å². The van der Waals surface area contributed by atoms with E-state index in [1.54, 1.807) is 0 Å². The van der Waals surface area contributed by atoms with Gasteiger partial charge in [-0.05, 0) is 36.8 Å². The molecule has 0 aliphatic rings. The summed E-state index contributed by atoms with van der Waals surface area (Å²) in [6.45, 7) is 6.96. The maximum atomic E-state index is 5.49. The second kappa shape index (κ2) is 6.40. The molecule has 0 bridgehead atoms. The molecule has 0 aliphatic heterocycles. The smallest absolute Gasteiger partial charge is 0.120 e. The number of thiol groups is 1. The van der Waals surface area contributed by atoms with E-state index >= 15 is 0 Å². The molecule has 0 spiro atoms. The Bertz CT molecular complexity index is 306. The van der Waals surface area contributed by atoms with E-state index in [1.165, 1.54) is 0 Å². The van der Waals surface area contributed by atoms with E-state index in [4.69, 9.17) is 9.47 Å². The van der Waals surface area contributed by atoms with Crippen molar-refractivity contribution in [3.05, 3.63) is 36.4 Å². The minimum atomic E-state index is 0.511. The van der Waals surface area contributed by atoms with Gasteiger partial charge in [-0.25, -0.2) is 0 Å². The SMILES string of the molecule is C=C(CS)COc1ccc(OCC)cc1. The molecular formula is C12H16O2S. The number of benzene rings is 1. The van der Waals surface area contributed by atoms with Crippen LogP contribution in [0, 0.1) is 0 Å². The molecule has 0 amide bonds. The minimum Gasteiger partial charge on any atom is -0.494 e. The molecular weight excluding hydrogens is 208 g/mol. The lowest BCUT2D eigenvalue weighted by molar-refractivity contribution is 0.335. The summed E-state index contributed by atoms with van der Waals surface area (Å²) in [4.78, 5) is 0. The van der Waals surface area contributed by atoms with Crippen LogP contribution in [-0.2, 0) is 0 Å². The van der Waals surface area contributed by atoms with Gasteiger partial charge < -0.3 is 9.47 Å². The molecule has 3 heteroatoms. The fourth-order valence-electron chi connectivity index (χ4n) is 1.03. The number of rotatable bonds is 6. The van der Waals surface area contributed by atoms with Gasteiger partial charge in [0.15, 0.2) is 0 Å². The van der Waals surface area contributed by atoms with Gasteiger partial charge in [0.05, 0.1) is 6.61 Å². The van der Waals surface area contributed by atoms with Crippen LogP contribution in [-0.4, -0.2) is 19.0 Å². The predicted molar refractivity (Wildman–Crippen MR) is 66.1 cm³/mol. The second-order valence-corrected chi connectivity index (χ2v) is 3.42. The molecule has 0 saturated carbocycles. The Morgan fingerprint density at radius 1 is 1.20 bits per heavy atom. The van der Waals surface area contributed by atoms with Crippen LogP contribution in [0.15, 0.2) is 36.4 Å². The van der Waals surface area contributed by atoms with E-state index in [2.05, 4.69) is 19.2 Å². The maximum absolute atomic E-state index is 5.49. The third-order valence-electron chi connectivity index (χ3n) is 1.80. The van der Waals surface area contributed by atoms with Crippen molar-refractivity contribution < 1.29 is 9.47 Å². The predicted octanol–water partition coefficient (Wildman–Crippen LogP) is 2.95. The summed E-state index contributed by atoms with van der Waals surface area (Å²) in [7, 11) is 0. The van der Waals surface area contributed by atoms with E-state index in [1.807, 2.05) is 31.2 Å². The van der Waals surface area contributed by atoms with Crippen molar-refractivity contribution in [2.75, 3.05) is 19.0 Å². The van der Waals surface area contributed by atoms with Gasteiger partial charge in [0.2, 0.25) is 0 Å². The lowest BCUT2D eigenvalue weighted by Crippen LogP contribution is -2.01. The second-order valence-electron chi connectivity index (χ2n) is 3.10. The van der Waals surface area contributed by atoms with Gasteiger partial charge in [-0.2, -0.15) is 12.6 Å². The minimum absolute atomic E-state index is 0.511. The Labute approximate surface area is 96.3 Å². The molecule has 15 heavy (non-hydrogen) atoms. The van der Waals surface area contributed by atoms with Crippen LogP contribution in [0.25, 0.3) is 0 Å². The van der Waals surface area contributed by atoms with Crippen molar-refractivity contribution in [3.63, 3.8) is 0 Å². The van der Waals surface area contributed by atoms with Crippen molar-refractivity contribution in [2.45, 2.75) is 6.92 Å². The van der Waals surface area contributed by atoms with Crippen molar-refractivity contribution in [1.82, 2.24) is 0 Å². The highest BCUT2D eigenvalue weighted by Crippen LogP contribution is 2.17. The standard InChI is InChI=1S/C12H16O2S/c1-3-13-11-4-6-12(7-5-11)14-8-10(2)9-15/h4-7,15H,2-3,8-9H2,1H3. The first-order valence-electron chi connectivity index (χ1n) is 4.89. The largest absolute Gasteiger partial charge is 0.494 e. The first-order valence-corrected chi connectivity index (χ1v) is 5.52. The van der Waals surface area contributed by atoms with E-state index in [9.17, 15) is 0 Å². The first-order chi connectivity index (χ1) is 7.26. The average molecular weight is 224 g/mol. The van der Waals surface area contributed by atoms with Crippen LogP contribution in [0.4, 0.5) is 0 Å². The first kappa shape index (κ1) is 12.0. The van der Waals surface area contributed by atoms with Crippen LogP contribution in [0.5, 0.6) is 11.5 Å². The highest BCUT2D eigenvalue weighted by atomic mass is 32.1. The highest BCUT2D eigenvalue weighted by molar-refractivity contribution is 7.80. The van der Waals surface area contributed by atoms with Crippen LogP contribution < -0.4 is 9.47 Å². The molecule has 1 rings (SSSR count). The summed E-state index contributed by atoms with van der Waals surface area (Å²) in [5, 5.41) is 0. The van der Waals surface area contributed by atoms with Crippen LogP contribution in [0.2, 0.25) is 0 Å². The van der Waals surface area contributed by atoms with Crippen molar-refractivity contribution in [1.29, 1.82) is 0 Å². The van der Waals surface area contributed by atoms with E-state index in [0.29, 0.717) is 19.0 Å². The Hall–Kier alpha value is -1.09. The monoisotopic (exact) mass is 224 g/mol. The van der Waals surface area contributed by atoms with Crippen molar-refractivity contribution >= 4 is 12.6 Å². The summed E-state index contributed by atoms with van der Waals surface area (Å²) >= 11 is 4.11. The third kappa shape index (κ3) is 4.30. The third-order valence-corrected chi connectivity index (χ3v) is 2.25. The van der Waals surface area contributed by atoms with Crippen LogP contribution >= 0.6 is 12.6 Å². The van der Waals surface area contributed by atoms with E-state index < -0.39 is 0 Å². The Balaban J connectivity index is 2.45. The lowest BCUT2D eigenvalue weighted by Gasteiger charge is -2.08. The van der Waals surface area contributed by atoms with E-state index in [-0.39, 0.29) is 0 Å². The molecule has 1 aromatic carbocycles. The molecule has 0 aliphatic carbocycles. The van der Waals surface area contributed by atoms with Gasteiger partial charge in [0.25, 0.3) is 0 Å². The fourth-order valence-corrected chi connectivity index (χ4v) is 1.12. The lowest BCUT2D eigenvalue weighted by atomic mass is 10.3.